The van der Waals surface area contributed by atoms with Gasteiger partial charge in [-0.15, -0.1) is 0 Å². The molecule has 2 aromatic rings. The predicted octanol–water partition coefficient (Wildman–Crippen LogP) is 5.18. The van der Waals surface area contributed by atoms with Gasteiger partial charge in [-0.1, -0.05) is 57.2 Å². The van der Waals surface area contributed by atoms with Crippen molar-refractivity contribution >= 4 is 14.4 Å². The van der Waals surface area contributed by atoms with E-state index in [1.807, 2.05) is 30.3 Å². The van der Waals surface area contributed by atoms with Crippen LogP contribution in [0.1, 0.15) is 38.0 Å². The van der Waals surface area contributed by atoms with E-state index in [1.54, 1.807) is 6.07 Å². The van der Waals surface area contributed by atoms with Crippen molar-refractivity contribution in [3.05, 3.63) is 65.5 Å². The van der Waals surface area contributed by atoms with Crippen LogP contribution in [0.4, 0.5) is 9.18 Å². The van der Waals surface area contributed by atoms with E-state index in [2.05, 4.69) is 39.2 Å². The normalized spacial score (nSPS) is 13.9. The second-order valence-corrected chi connectivity index (χ2v) is 14.0. The van der Waals surface area contributed by atoms with Gasteiger partial charge in [0, 0.05) is 0 Å². The average Bonchev–Trinajstić information content (AvgIpc) is 2.74. The van der Waals surface area contributed by atoms with E-state index in [1.165, 1.54) is 19.2 Å². The van der Waals surface area contributed by atoms with Crippen molar-refractivity contribution in [3.63, 3.8) is 0 Å². The van der Waals surface area contributed by atoms with Crippen molar-refractivity contribution in [1.29, 1.82) is 0 Å². The van der Waals surface area contributed by atoms with Crippen LogP contribution in [-0.2, 0) is 15.8 Å². The fraction of sp³-hybridized carbons (Fsp3) is 0.458. The molecule has 0 aliphatic carbocycles. The summed E-state index contributed by atoms with van der Waals surface area (Å²) in [7, 11) is -0.790. The lowest BCUT2D eigenvalue weighted by molar-refractivity contribution is 0.0783. The highest BCUT2D eigenvalue weighted by Crippen LogP contribution is 2.37. The van der Waals surface area contributed by atoms with Gasteiger partial charge in [-0.2, -0.15) is 0 Å². The molecule has 0 radical (unpaired) electrons. The molecule has 32 heavy (non-hydrogen) atoms. The number of alkyl carbamates (subject to hydrolysis) is 1. The highest BCUT2D eigenvalue weighted by molar-refractivity contribution is 6.74. The Morgan fingerprint density at radius 2 is 1.81 bits per heavy atom. The van der Waals surface area contributed by atoms with Crippen LogP contribution in [0, 0.1) is 5.82 Å². The number of carbonyl (C=O) groups is 1. The molecule has 0 spiro atoms. The second kappa shape index (κ2) is 10.9. The zero-order valence-corrected chi connectivity index (χ0v) is 20.6. The molecule has 1 unspecified atom stereocenters. The van der Waals surface area contributed by atoms with Crippen LogP contribution in [-0.4, -0.2) is 39.3 Å². The minimum absolute atomic E-state index is 0.0530. The third kappa shape index (κ3) is 7.05. The summed E-state index contributed by atoms with van der Waals surface area (Å²) in [6.45, 7) is 10.6. The lowest BCUT2D eigenvalue weighted by atomic mass is 10.0. The maximum atomic E-state index is 14.2. The molecular formula is C24H34FNO5Si. The second-order valence-electron chi connectivity index (χ2n) is 9.22. The van der Waals surface area contributed by atoms with E-state index in [0.29, 0.717) is 5.56 Å². The van der Waals surface area contributed by atoms with Crippen LogP contribution in [0.25, 0.3) is 0 Å². The SMILES string of the molecule is COc1ccc(C(O)[C@@H](CO[Si](C)(C)C(C)(C)C)NC(=O)OCc2ccccc2)cc1F. The van der Waals surface area contributed by atoms with Crippen LogP contribution in [0.15, 0.2) is 48.5 Å². The maximum Gasteiger partial charge on any atom is 0.407 e. The first-order valence-electron chi connectivity index (χ1n) is 10.6. The molecule has 0 aliphatic rings. The first-order valence-corrected chi connectivity index (χ1v) is 13.5. The highest BCUT2D eigenvalue weighted by Gasteiger charge is 2.38. The molecule has 8 heteroatoms. The Hall–Kier alpha value is -2.42. The molecule has 0 saturated heterocycles. The van der Waals surface area contributed by atoms with Crippen molar-refractivity contribution in [2.75, 3.05) is 13.7 Å². The van der Waals surface area contributed by atoms with Gasteiger partial charge in [0.1, 0.15) is 12.7 Å². The van der Waals surface area contributed by atoms with Crippen LogP contribution < -0.4 is 10.1 Å². The van der Waals surface area contributed by atoms with Crippen molar-refractivity contribution in [1.82, 2.24) is 5.32 Å². The number of halogens is 1. The molecule has 1 amide bonds. The predicted molar refractivity (Wildman–Crippen MR) is 125 cm³/mol. The number of aliphatic hydroxyl groups is 1. The molecule has 6 nitrogen and oxygen atoms in total. The summed E-state index contributed by atoms with van der Waals surface area (Å²) in [6, 6.07) is 12.6. The van der Waals surface area contributed by atoms with E-state index in [-0.39, 0.29) is 24.0 Å². The van der Waals surface area contributed by atoms with Crippen molar-refractivity contribution in [3.8, 4) is 5.75 Å². The summed E-state index contributed by atoms with van der Waals surface area (Å²) in [5, 5.41) is 13.6. The van der Waals surface area contributed by atoms with Gasteiger partial charge in [0.05, 0.1) is 19.8 Å². The van der Waals surface area contributed by atoms with Crippen LogP contribution >= 0.6 is 0 Å². The number of aliphatic hydroxyl groups excluding tert-OH is 1. The van der Waals surface area contributed by atoms with Crippen molar-refractivity contribution in [2.24, 2.45) is 0 Å². The minimum atomic E-state index is -2.16. The number of hydrogen-bond donors (Lipinski definition) is 2. The quantitative estimate of drug-likeness (QED) is 0.501. The fourth-order valence-corrected chi connectivity index (χ4v) is 3.77. The Morgan fingerprint density at radius 1 is 1.16 bits per heavy atom. The standard InChI is InChI=1S/C24H34FNO5Si/c1-24(2,3)32(5,6)31-16-20(22(27)18-12-13-21(29-4)19(25)14-18)26-23(28)30-15-17-10-8-7-9-11-17/h7-14,20,22,27H,15-16H2,1-6H3,(H,26,28)/t20-,22?/m1/s1. The maximum absolute atomic E-state index is 14.2. The molecule has 2 rings (SSSR count). The van der Waals surface area contributed by atoms with Crippen molar-refractivity contribution in [2.45, 2.75) is 57.7 Å². The number of benzene rings is 2. The topological polar surface area (TPSA) is 77.0 Å². The van der Waals surface area contributed by atoms with Crippen LogP contribution in [0.5, 0.6) is 5.75 Å². The van der Waals surface area contributed by atoms with Crippen molar-refractivity contribution < 1.29 is 28.2 Å². The molecule has 176 valence electrons. The fourth-order valence-electron chi connectivity index (χ4n) is 2.74. The molecule has 0 aliphatic heterocycles. The number of rotatable bonds is 9. The largest absolute Gasteiger partial charge is 0.494 e. The summed E-state index contributed by atoms with van der Waals surface area (Å²) in [5.74, 6) is -0.523. The Labute approximate surface area is 190 Å². The third-order valence-electron chi connectivity index (χ3n) is 5.84. The number of hydrogen-bond acceptors (Lipinski definition) is 5. The number of carbonyl (C=O) groups excluding carboxylic acids is 1. The third-order valence-corrected chi connectivity index (χ3v) is 10.3. The van der Waals surface area contributed by atoms with Crippen LogP contribution in [0.3, 0.4) is 0 Å². The van der Waals surface area contributed by atoms with Gasteiger partial charge in [-0.3, -0.25) is 0 Å². The zero-order chi connectivity index (χ0) is 23.9. The lowest BCUT2D eigenvalue weighted by Gasteiger charge is -2.38. The lowest BCUT2D eigenvalue weighted by Crippen LogP contribution is -2.48. The van der Waals surface area contributed by atoms with Gasteiger partial charge in [0.25, 0.3) is 0 Å². The van der Waals surface area contributed by atoms with E-state index < -0.39 is 32.4 Å². The van der Waals surface area contributed by atoms with E-state index >= 15 is 0 Å². The molecule has 2 aromatic carbocycles. The van der Waals surface area contributed by atoms with Crippen LogP contribution in [0.2, 0.25) is 18.1 Å². The molecule has 2 atom stereocenters. The first-order chi connectivity index (χ1) is 14.9. The van der Waals surface area contributed by atoms with Gasteiger partial charge >= 0.3 is 6.09 Å². The van der Waals surface area contributed by atoms with E-state index in [4.69, 9.17) is 13.9 Å². The summed E-state index contributed by atoms with van der Waals surface area (Å²) in [4.78, 5) is 12.5. The molecule has 2 N–H and O–H groups in total. The number of amides is 1. The Bertz CT molecular complexity index is 886. The van der Waals surface area contributed by atoms with Gasteiger partial charge in [-0.25, -0.2) is 9.18 Å². The van der Waals surface area contributed by atoms with E-state index in [0.717, 1.165) is 5.56 Å². The minimum Gasteiger partial charge on any atom is -0.494 e. The Morgan fingerprint density at radius 3 is 2.38 bits per heavy atom. The molecule has 0 heterocycles. The molecular weight excluding hydrogens is 429 g/mol. The molecule has 0 saturated carbocycles. The Kier molecular flexibility index (Phi) is 8.83. The van der Waals surface area contributed by atoms with Gasteiger partial charge in [-0.05, 0) is 41.4 Å². The highest BCUT2D eigenvalue weighted by atomic mass is 28.4. The monoisotopic (exact) mass is 463 g/mol. The molecule has 0 fully saturated rings. The molecule has 0 aromatic heterocycles. The summed E-state index contributed by atoms with van der Waals surface area (Å²) < 4.78 is 30.7. The average molecular weight is 464 g/mol. The summed E-state index contributed by atoms with van der Waals surface area (Å²) in [6.07, 6.45) is -1.89. The van der Waals surface area contributed by atoms with Gasteiger partial charge in [0.2, 0.25) is 0 Å². The number of methoxy groups -OCH3 is 1. The summed E-state index contributed by atoms with van der Waals surface area (Å²) in [5.41, 5.74) is 1.14. The number of nitrogens with one attached hydrogen (secondary N) is 1. The van der Waals surface area contributed by atoms with E-state index in [9.17, 15) is 14.3 Å². The smallest absolute Gasteiger partial charge is 0.407 e. The summed E-state index contributed by atoms with van der Waals surface area (Å²) >= 11 is 0. The zero-order valence-electron chi connectivity index (χ0n) is 19.6. The first kappa shape index (κ1) is 25.8. The van der Waals surface area contributed by atoms with Gasteiger partial charge < -0.3 is 24.3 Å². The number of ether oxygens (including phenoxy) is 2. The Balaban J connectivity index is 2.15. The molecule has 0 bridgehead atoms. The van der Waals surface area contributed by atoms with Gasteiger partial charge in [0.15, 0.2) is 19.9 Å².